The summed E-state index contributed by atoms with van der Waals surface area (Å²) in [7, 11) is 0. The molecule has 0 fully saturated rings. The fourth-order valence-electron chi connectivity index (χ4n) is 0.962. The van der Waals surface area contributed by atoms with Gasteiger partial charge in [0.2, 0.25) is 0 Å². The maximum atomic E-state index is 10.5. The minimum Gasteiger partial charge on any atom is -0.481 e. The molecule has 0 amide bonds. The van der Waals surface area contributed by atoms with Crippen molar-refractivity contribution in [3.63, 3.8) is 0 Å². The number of benzene rings is 1. The number of rotatable bonds is 2. The van der Waals surface area contributed by atoms with Gasteiger partial charge in [0.05, 0.1) is 22.2 Å². The Balaban J connectivity index is 3.29. The smallest absolute Gasteiger partial charge is 0.307 e. The zero-order valence-electron chi connectivity index (χ0n) is 6.85. The van der Waals surface area contributed by atoms with Crippen molar-refractivity contribution in [3.05, 3.63) is 26.7 Å². The molecule has 14 heavy (non-hydrogen) atoms. The van der Waals surface area contributed by atoms with Crippen molar-refractivity contribution in [3.8, 4) is 0 Å². The molecular formula is C8H6Cl3NO2. The van der Waals surface area contributed by atoms with Crippen molar-refractivity contribution in [2.75, 3.05) is 5.73 Å². The highest BCUT2D eigenvalue weighted by atomic mass is 35.5. The first kappa shape index (κ1) is 11.4. The van der Waals surface area contributed by atoms with Gasteiger partial charge in [-0.15, -0.1) is 0 Å². The molecule has 0 spiro atoms. The number of nitrogen functional groups attached to an aromatic ring is 1. The second kappa shape index (κ2) is 4.26. The summed E-state index contributed by atoms with van der Waals surface area (Å²) in [6, 6.07) is 1.38. The average molecular weight is 254 g/mol. The Kier molecular flexibility index (Phi) is 3.48. The summed E-state index contributed by atoms with van der Waals surface area (Å²) in [6.45, 7) is 0. The average Bonchev–Trinajstić information content (AvgIpc) is 2.09. The lowest BCUT2D eigenvalue weighted by atomic mass is 10.1. The molecule has 0 aliphatic heterocycles. The quantitative estimate of drug-likeness (QED) is 0.798. The zero-order chi connectivity index (χ0) is 10.9. The number of anilines is 1. The molecule has 1 aromatic rings. The van der Waals surface area contributed by atoms with Crippen LogP contribution in [0.4, 0.5) is 5.69 Å². The standard InChI is InChI=1S/C8H6Cl3NO2/c9-4-2-5(10)8(12)7(11)3(4)1-6(13)14/h2H,1,12H2,(H,13,14). The number of nitrogens with two attached hydrogens (primary N) is 1. The minimum absolute atomic E-state index is 0.102. The van der Waals surface area contributed by atoms with Gasteiger partial charge < -0.3 is 10.8 Å². The van der Waals surface area contributed by atoms with Crippen LogP contribution in [0.15, 0.2) is 6.07 Å². The summed E-state index contributed by atoms with van der Waals surface area (Å²) < 4.78 is 0. The number of carboxylic acids is 1. The molecule has 1 rings (SSSR count). The van der Waals surface area contributed by atoms with Crippen LogP contribution in [-0.4, -0.2) is 11.1 Å². The zero-order valence-corrected chi connectivity index (χ0v) is 9.12. The summed E-state index contributed by atoms with van der Waals surface area (Å²) >= 11 is 17.2. The molecule has 0 aliphatic rings. The molecule has 0 saturated heterocycles. The number of carbonyl (C=O) groups is 1. The fourth-order valence-corrected chi connectivity index (χ4v) is 1.86. The molecule has 6 heteroatoms. The topological polar surface area (TPSA) is 63.3 Å². The Morgan fingerprint density at radius 1 is 1.36 bits per heavy atom. The first-order chi connectivity index (χ1) is 6.43. The second-order valence-electron chi connectivity index (χ2n) is 2.62. The number of hydrogen-bond acceptors (Lipinski definition) is 2. The lowest BCUT2D eigenvalue weighted by Crippen LogP contribution is -2.03. The Labute approximate surface area is 95.4 Å². The summed E-state index contributed by atoms with van der Waals surface area (Å²) in [6.07, 6.45) is -0.279. The number of carboxylic acid groups (broad SMARTS) is 1. The first-order valence-corrected chi connectivity index (χ1v) is 4.70. The van der Waals surface area contributed by atoms with E-state index >= 15 is 0 Å². The number of halogens is 3. The highest BCUT2D eigenvalue weighted by Gasteiger charge is 2.15. The van der Waals surface area contributed by atoms with Crippen LogP contribution in [0.5, 0.6) is 0 Å². The van der Waals surface area contributed by atoms with E-state index in [0.29, 0.717) is 0 Å². The van der Waals surface area contributed by atoms with E-state index in [9.17, 15) is 4.79 Å². The Hall–Kier alpha value is -0.640. The Morgan fingerprint density at radius 3 is 2.43 bits per heavy atom. The van der Waals surface area contributed by atoms with Gasteiger partial charge in [-0.1, -0.05) is 34.8 Å². The van der Waals surface area contributed by atoms with Gasteiger partial charge in [0.25, 0.3) is 0 Å². The maximum Gasteiger partial charge on any atom is 0.307 e. The van der Waals surface area contributed by atoms with E-state index in [4.69, 9.17) is 45.6 Å². The molecule has 0 aliphatic carbocycles. The number of aliphatic carboxylic acids is 1. The third kappa shape index (κ3) is 2.23. The molecule has 76 valence electrons. The van der Waals surface area contributed by atoms with E-state index in [2.05, 4.69) is 0 Å². The van der Waals surface area contributed by atoms with E-state index in [1.54, 1.807) is 0 Å². The summed E-state index contributed by atoms with van der Waals surface area (Å²) in [5.74, 6) is -1.03. The lowest BCUT2D eigenvalue weighted by Gasteiger charge is -2.08. The van der Waals surface area contributed by atoms with Crippen LogP contribution in [0.3, 0.4) is 0 Å². The van der Waals surface area contributed by atoms with Gasteiger partial charge in [0.1, 0.15) is 0 Å². The third-order valence-corrected chi connectivity index (χ3v) is 2.71. The van der Waals surface area contributed by atoms with Crippen molar-refractivity contribution >= 4 is 46.5 Å². The van der Waals surface area contributed by atoms with Crippen molar-refractivity contribution in [2.24, 2.45) is 0 Å². The molecule has 0 bridgehead atoms. The largest absolute Gasteiger partial charge is 0.481 e. The van der Waals surface area contributed by atoms with Crippen LogP contribution in [0.2, 0.25) is 15.1 Å². The van der Waals surface area contributed by atoms with E-state index in [0.717, 1.165) is 0 Å². The van der Waals surface area contributed by atoms with Gasteiger partial charge in [-0.25, -0.2) is 0 Å². The highest BCUT2D eigenvalue weighted by molar-refractivity contribution is 6.42. The van der Waals surface area contributed by atoms with Crippen LogP contribution in [0, 0.1) is 0 Å². The molecule has 0 unspecified atom stereocenters. The predicted octanol–water partition coefficient (Wildman–Crippen LogP) is 2.86. The van der Waals surface area contributed by atoms with Crippen molar-refractivity contribution < 1.29 is 9.90 Å². The molecule has 3 N–H and O–H groups in total. The molecule has 0 aromatic heterocycles. The van der Waals surface area contributed by atoms with E-state index < -0.39 is 5.97 Å². The van der Waals surface area contributed by atoms with Gasteiger partial charge in [-0.05, 0) is 6.07 Å². The molecule has 0 heterocycles. The van der Waals surface area contributed by atoms with Crippen LogP contribution >= 0.6 is 34.8 Å². The highest BCUT2D eigenvalue weighted by Crippen LogP contribution is 2.36. The van der Waals surface area contributed by atoms with Gasteiger partial charge in [0, 0.05) is 10.6 Å². The van der Waals surface area contributed by atoms with Crippen LogP contribution < -0.4 is 5.73 Å². The maximum absolute atomic E-state index is 10.5. The second-order valence-corrected chi connectivity index (χ2v) is 3.81. The Morgan fingerprint density at radius 2 is 1.93 bits per heavy atom. The van der Waals surface area contributed by atoms with Gasteiger partial charge in [0.15, 0.2) is 0 Å². The fraction of sp³-hybridized carbons (Fsp3) is 0.125. The third-order valence-electron chi connectivity index (χ3n) is 1.63. The van der Waals surface area contributed by atoms with Crippen LogP contribution in [0.25, 0.3) is 0 Å². The molecule has 0 radical (unpaired) electrons. The van der Waals surface area contributed by atoms with Gasteiger partial charge in [-0.3, -0.25) is 4.79 Å². The SMILES string of the molecule is Nc1c(Cl)cc(Cl)c(CC(=O)O)c1Cl. The summed E-state index contributed by atoms with van der Waals surface area (Å²) in [4.78, 5) is 10.5. The van der Waals surface area contributed by atoms with E-state index in [1.165, 1.54) is 6.07 Å². The lowest BCUT2D eigenvalue weighted by molar-refractivity contribution is -0.136. The Bertz CT molecular complexity index is 393. The van der Waals surface area contributed by atoms with Gasteiger partial charge in [-0.2, -0.15) is 0 Å². The van der Waals surface area contributed by atoms with Crippen molar-refractivity contribution in [1.82, 2.24) is 0 Å². The van der Waals surface area contributed by atoms with Crippen molar-refractivity contribution in [1.29, 1.82) is 0 Å². The molecule has 1 aromatic carbocycles. The van der Waals surface area contributed by atoms with E-state index in [1.807, 2.05) is 0 Å². The molecular weight excluding hydrogens is 248 g/mol. The number of hydrogen-bond donors (Lipinski definition) is 2. The van der Waals surface area contributed by atoms with Crippen molar-refractivity contribution in [2.45, 2.75) is 6.42 Å². The molecule has 0 saturated carbocycles. The summed E-state index contributed by atoms with van der Waals surface area (Å²) in [5, 5.41) is 9.11. The van der Waals surface area contributed by atoms with E-state index in [-0.39, 0.29) is 32.7 Å². The summed E-state index contributed by atoms with van der Waals surface area (Å²) in [5.41, 5.74) is 5.94. The molecule has 0 atom stereocenters. The predicted molar refractivity (Wildman–Crippen MR) is 57.2 cm³/mol. The first-order valence-electron chi connectivity index (χ1n) is 3.57. The normalized spacial score (nSPS) is 10.2. The van der Waals surface area contributed by atoms with Crippen LogP contribution in [0.1, 0.15) is 5.56 Å². The minimum atomic E-state index is -1.03. The van der Waals surface area contributed by atoms with Crippen LogP contribution in [-0.2, 0) is 11.2 Å². The van der Waals surface area contributed by atoms with Gasteiger partial charge >= 0.3 is 5.97 Å². The monoisotopic (exact) mass is 253 g/mol. The molecule has 3 nitrogen and oxygen atoms in total.